The van der Waals surface area contributed by atoms with E-state index in [4.69, 9.17) is 10.5 Å². The molecule has 4 saturated carbocycles. The van der Waals surface area contributed by atoms with E-state index in [-0.39, 0.29) is 23.0 Å². The largest absolute Gasteiger partial charge is 0.460 e. The second kappa shape index (κ2) is 11.7. The number of carbonyl (C=O) groups is 1. The Morgan fingerprint density at radius 1 is 0.896 bits per heavy atom. The Bertz CT molecular complexity index is 1510. The number of halogens is 1. The lowest BCUT2D eigenvalue weighted by atomic mass is 9.33. The molecule has 6 aliphatic carbocycles. The number of allylic oxidation sites excluding steroid dienone is 5. The van der Waals surface area contributed by atoms with Gasteiger partial charge in [0.15, 0.2) is 0 Å². The first-order chi connectivity index (χ1) is 22.7. The lowest BCUT2D eigenvalue weighted by Gasteiger charge is -2.72. The Labute approximate surface area is 290 Å². The van der Waals surface area contributed by atoms with Gasteiger partial charge < -0.3 is 10.5 Å². The fourth-order valence-electron chi connectivity index (χ4n) is 13.7. The molecule has 0 spiro atoms. The highest BCUT2D eigenvalue weighted by Gasteiger charge is 2.70. The maximum absolute atomic E-state index is 14.6. The zero-order chi connectivity index (χ0) is 34.3. The molecule has 48 heavy (non-hydrogen) atoms. The summed E-state index contributed by atoms with van der Waals surface area (Å²) in [5.74, 6) is 2.74. The molecule has 1 aromatic rings. The molecule has 0 bridgehead atoms. The number of fused-ring (bicyclic) bond motifs is 7. The standard InChI is InChI=1S/C44H62FNO2/c1-29(2)32-17-24-44(46)26-25-41(6)34(37(32)44)13-14-36-40(5)20-18-33(39(3,4)35(40)19-21-42(36,41)7)31-15-22-43(28-45,23-16-31)38(47)48-27-30-11-9-8-10-12-30/h8-12,15,18,32,34-37H,1,13-14,16-17,19-28,46H2,2-7H3/t32?,34-,35+,36-,37-,40+,41-,42-,43+,44+/m1/s1. The summed E-state index contributed by atoms with van der Waals surface area (Å²) in [7, 11) is 0. The first kappa shape index (κ1) is 34.3. The number of rotatable bonds is 6. The van der Waals surface area contributed by atoms with Crippen LogP contribution >= 0.6 is 0 Å². The maximum Gasteiger partial charge on any atom is 0.315 e. The number of alkyl halides is 1. The summed E-state index contributed by atoms with van der Waals surface area (Å²) in [6, 6.07) is 9.68. The van der Waals surface area contributed by atoms with Gasteiger partial charge in [0.25, 0.3) is 0 Å². The number of benzene rings is 1. The molecule has 1 unspecified atom stereocenters. The molecule has 0 radical (unpaired) electrons. The van der Waals surface area contributed by atoms with Crippen molar-refractivity contribution in [3.63, 3.8) is 0 Å². The first-order valence-corrected chi connectivity index (χ1v) is 19.3. The van der Waals surface area contributed by atoms with E-state index in [1.165, 1.54) is 68.1 Å². The van der Waals surface area contributed by atoms with Crippen molar-refractivity contribution in [3.05, 3.63) is 71.3 Å². The van der Waals surface area contributed by atoms with Crippen molar-refractivity contribution in [2.24, 2.45) is 62.4 Å². The minimum absolute atomic E-state index is 0.00531. The highest BCUT2D eigenvalue weighted by Crippen LogP contribution is 2.76. The summed E-state index contributed by atoms with van der Waals surface area (Å²) in [5, 5.41) is 0. The van der Waals surface area contributed by atoms with Crippen molar-refractivity contribution in [2.45, 2.75) is 131 Å². The lowest BCUT2D eigenvalue weighted by Crippen LogP contribution is -2.67. The van der Waals surface area contributed by atoms with Gasteiger partial charge in [0.2, 0.25) is 0 Å². The second-order valence-corrected chi connectivity index (χ2v) is 18.9. The van der Waals surface area contributed by atoms with E-state index < -0.39 is 18.1 Å². The molecule has 1 aromatic carbocycles. The van der Waals surface area contributed by atoms with Crippen molar-refractivity contribution in [2.75, 3.05) is 6.67 Å². The molecule has 6 aliphatic rings. The molecule has 7 rings (SSSR count). The highest BCUT2D eigenvalue weighted by atomic mass is 19.1. The van der Waals surface area contributed by atoms with E-state index in [2.05, 4.69) is 60.3 Å². The van der Waals surface area contributed by atoms with Crippen molar-refractivity contribution in [3.8, 4) is 0 Å². The van der Waals surface area contributed by atoms with Gasteiger partial charge in [-0.05, 0) is 152 Å². The number of hydrogen-bond acceptors (Lipinski definition) is 3. The molecule has 4 heteroatoms. The summed E-state index contributed by atoms with van der Waals surface area (Å²) >= 11 is 0. The van der Waals surface area contributed by atoms with Crippen LogP contribution in [0.25, 0.3) is 0 Å². The molecule has 0 aromatic heterocycles. The number of esters is 1. The van der Waals surface area contributed by atoms with Crippen LogP contribution in [0, 0.1) is 56.7 Å². The molecular formula is C44H62FNO2. The molecule has 0 amide bonds. The van der Waals surface area contributed by atoms with Crippen LogP contribution in [0.3, 0.4) is 0 Å². The zero-order valence-electron chi connectivity index (χ0n) is 30.8. The van der Waals surface area contributed by atoms with E-state index in [1.54, 1.807) is 0 Å². The monoisotopic (exact) mass is 655 g/mol. The van der Waals surface area contributed by atoms with E-state index in [0.29, 0.717) is 53.3 Å². The highest BCUT2D eigenvalue weighted by molar-refractivity contribution is 5.78. The van der Waals surface area contributed by atoms with Crippen LogP contribution in [0.15, 0.2) is 65.8 Å². The fourth-order valence-corrected chi connectivity index (χ4v) is 13.7. The maximum atomic E-state index is 14.6. The molecule has 0 saturated heterocycles. The van der Waals surface area contributed by atoms with Gasteiger partial charge in [-0.1, -0.05) is 89.3 Å². The average Bonchev–Trinajstić information content (AvgIpc) is 3.42. The van der Waals surface area contributed by atoms with Gasteiger partial charge in [-0.2, -0.15) is 0 Å². The number of nitrogens with two attached hydrogens (primary N) is 1. The van der Waals surface area contributed by atoms with Crippen LogP contribution in [0.4, 0.5) is 4.39 Å². The van der Waals surface area contributed by atoms with E-state index in [0.717, 1.165) is 18.4 Å². The average molecular weight is 656 g/mol. The predicted octanol–water partition coefficient (Wildman–Crippen LogP) is 10.7. The van der Waals surface area contributed by atoms with Gasteiger partial charge in [-0.25, -0.2) is 4.39 Å². The normalized spacial score (nSPS) is 44.6. The summed E-state index contributed by atoms with van der Waals surface area (Å²) in [6.07, 6.45) is 17.5. The van der Waals surface area contributed by atoms with Gasteiger partial charge in [0.05, 0.1) is 5.41 Å². The summed E-state index contributed by atoms with van der Waals surface area (Å²) in [5.41, 5.74) is 12.2. The molecule has 262 valence electrons. The van der Waals surface area contributed by atoms with Crippen molar-refractivity contribution < 1.29 is 13.9 Å². The van der Waals surface area contributed by atoms with E-state index in [1.807, 2.05) is 30.3 Å². The smallest absolute Gasteiger partial charge is 0.315 e. The quantitative estimate of drug-likeness (QED) is 0.245. The van der Waals surface area contributed by atoms with Crippen LogP contribution in [0.1, 0.15) is 124 Å². The van der Waals surface area contributed by atoms with Crippen molar-refractivity contribution in [1.29, 1.82) is 0 Å². The number of hydrogen-bond donors (Lipinski definition) is 1. The SMILES string of the molecule is C=C(C)C1CC[C@]2(N)CC[C@]3(C)[C@H](CC[C@@H]4[C@@]5(C)CC=C(C6=CC[C@](CF)(C(=O)OCc7ccccc7)CC6)C(C)(C)[C@@H]5CC[C@]43C)[C@@H]12. The Hall–Kier alpha value is -2.20. The van der Waals surface area contributed by atoms with Crippen LogP contribution in [0.5, 0.6) is 0 Å². The van der Waals surface area contributed by atoms with Crippen LogP contribution in [0.2, 0.25) is 0 Å². The van der Waals surface area contributed by atoms with Crippen LogP contribution < -0.4 is 5.73 Å². The lowest BCUT2D eigenvalue weighted by molar-refractivity contribution is -0.219. The third kappa shape index (κ3) is 4.84. The van der Waals surface area contributed by atoms with Gasteiger partial charge in [-0.15, -0.1) is 0 Å². The van der Waals surface area contributed by atoms with Crippen molar-refractivity contribution >= 4 is 5.97 Å². The Balaban J connectivity index is 1.12. The fraction of sp³-hybridized carbons (Fsp3) is 0.705. The predicted molar refractivity (Wildman–Crippen MR) is 194 cm³/mol. The molecule has 2 N–H and O–H groups in total. The minimum Gasteiger partial charge on any atom is -0.460 e. The minimum atomic E-state index is -1.07. The van der Waals surface area contributed by atoms with Gasteiger partial charge in [0, 0.05) is 5.54 Å². The third-order valence-electron chi connectivity index (χ3n) is 16.6. The zero-order valence-corrected chi connectivity index (χ0v) is 30.8. The molecule has 10 atom stereocenters. The molecular weight excluding hydrogens is 593 g/mol. The van der Waals surface area contributed by atoms with Crippen LogP contribution in [-0.4, -0.2) is 18.2 Å². The van der Waals surface area contributed by atoms with Gasteiger partial charge in [-0.3, -0.25) is 4.79 Å². The first-order valence-electron chi connectivity index (χ1n) is 19.3. The Kier molecular flexibility index (Phi) is 8.33. The summed E-state index contributed by atoms with van der Waals surface area (Å²) in [4.78, 5) is 13.3. The second-order valence-electron chi connectivity index (χ2n) is 18.9. The summed E-state index contributed by atoms with van der Waals surface area (Å²) in [6.45, 7) is 19.3. The van der Waals surface area contributed by atoms with E-state index >= 15 is 0 Å². The number of ether oxygens (including phenoxy) is 1. The van der Waals surface area contributed by atoms with E-state index in [9.17, 15) is 9.18 Å². The Morgan fingerprint density at radius 3 is 2.31 bits per heavy atom. The number of carbonyl (C=O) groups excluding carboxylic acids is 1. The van der Waals surface area contributed by atoms with Gasteiger partial charge >= 0.3 is 5.97 Å². The molecule has 3 nitrogen and oxygen atoms in total. The molecule has 0 aliphatic heterocycles. The topological polar surface area (TPSA) is 52.3 Å². The van der Waals surface area contributed by atoms with Crippen molar-refractivity contribution in [1.82, 2.24) is 0 Å². The Morgan fingerprint density at radius 2 is 1.65 bits per heavy atom. The molecule has 4 fully saturated rings. The summed E-state index contributed by atoms with van der Waals surface area (Å²) < 4.78 is 20.3. The molecule has 0 heterocycles. The van der Waals surface area contributed by atoms with Gasteiger partial charge in [0.1, 0.15) is 13.3 Å². The third-order valence-corrected chi connectivity index (χ3v) is 16.6. The van der Waals surface area contributed by atoms with Crippen LogP contribution in [-0.2, 0) is 16.1 Å².